The number of ether oxygens (including phenoxy) is 2. The average molecular weight is 421 g/mol. The molecule has 0 fully saturated rings. The predicted molar refractivity (Wildman–Crippen MR) is 115 cm³/mol. The minimum atomic E-state index is -3.46. The summed E-state index contributed by atoms with van der Waals surface area (Å²) in [5, 5.41) is 2.81. The van der Waals surface area contributed by atoms with E-state index in [1.54, 1.807) is 48.5 Å². The fraction of sp³-hybridized carbons (Fsp3) is 0.381. The number of nitrogens with one attached hydrogen (secondary N) is 1. The van der Waals surface area contributed by atoms with Gasteiger partial charge in [-0.1, -0.05) is 0 Å². The number of benzene rings is 2. The zero-order valence-electron chi connectivity index (χ0n) is 17.1. The highest BCUT2D eigenvalue weighted by atomic mass is 32.2. The lowest BCUT2D eigenvalue weighted by molar-refractivity contribution is -0.116. The van der Waals surface area contributed by atoms with Crippen LogP contribution < -0.4 is 19.1 Å². The van der Waals surface area contributed by atoms with Gasteiger partial charge in [0, 0.05) is 18.7 Å². The fourth-order valence-electron chi connectivity index (χ4n) is 2.77. The van der Waals surface area contributed by atoms with Gasteiger partial charge >= 0.3 is 0 Å². The van der Waals surface area contributed by atoms with Crippen molar-refractivity contribution in [2.45, 2.75) is 26.7 Å². The number of hydrogen-bond donors (Lipinski definition) is 1. The number of rotatable bonds is 11. The van der Waals surface area contributed by atoms with Crippen LogP contribution in [0.3, 0.4) is 0 Å². The molecular formula is C21H28N2O5S. The first-order chi connectivity index (χ1) is 13.8. The minimum Gasteiger partial charge on any atom is -0.494 e. The van der Waals surface area contributed by atoms with Crippen LogP contribution in [0.25, 0.3) is 0 Å². The zero-order chi connectivity index (χ0) is 21.3. The molecule has 8 heteroatoms. The molecule has 2 aromatic rings. The summed E-state index contributed by atoms with van der Waals surface area (Å²) >= 11 is 0. The first-order valence-electron chi connectivity index (χ1n) is 9.56. The van der Waals surface area contributed by atoms with E-state index < -0.39 is 10.0 Å². The fourth-order valence-corrected chi connectivity index (χ4v) is 3.73. The molecule has 0 atom stereocenters. The number of nitrogens with zero attached hydrogens (tertiary/aromatic N) is 1. The highest BCUT2D eigenvalue weighted by Crippen LogP contribution is 2.22. The Kier molecular flexibility index (Phi) is 8.33. The van der Waals surface area contributed by atoms with Crippen LogP contribution in [0, 0.1) is 0 Å². The molecule has 0 radical (unpaired) electrons. The second-order valence-electron chi connectivity index (χ2n) is 6.37. The third-order valence-electron chi connectivity index (χ3n) is 4.05. The lowest BCUT2D eigenvalue weighted by Crippen LogP contribution is -2.31. The third kappa shape index (κ3) is 7.30. The number of amides is 1. The number of carbonyl (C=O) groups excluding carboxylic acids is 1. The summed E-state index contributed by atoms with van der Waals surface area (Å²) in [5.41, 5.74) is 1.22. The van der Waals surface area contributed by atoms with E-state index in [0.717, 1.165) is 12.0 Å². The monoisotopic (exact) mass is 420 g/mol. The number of anilines is 2. The Bertz CT molecular complexity index is 880. The van der Waals surface area contributed by atoms with E-state index in [1.165, 1.54) is 4.31 Å². The highest BCUT2D eigenvalue weighted by molar-refractivity contribution is 7.92. The molecule has 0 bridgehead atoms. The van der Waals surface area contributed by atoms with E-state index in [4.69, 9.17) is 9.47 Å². The van der Waals surface area contributed by atoms with Gasteiger partial charge in [-0.25, -0.2) is 8.42 Å². The van der Waals surface area contributed by atoms with E-state index in [-0.39, 0.29) is 18.9 Å². The van der Waals surface area contributed by atoms with E-state index in [2.05, 4.69) is 5.32 Å². The summed E-state index contributed by atoms with van der Waals surface area (Å²) in [5.74, 6) is 1.25. The van der Waals surface area contributed by atoms with Crippen LogP contribution in [-0.4, -0.2) is 40.3 Å². The number of sulfonamides is 1. The maximum atomic E-state index is 12.2. The van der Waals surface area contributed by atoms with Gasteiger partial charge < -0.3 is 14.8 Å². The summed E-state index contributed by atoms with van der Waals surface area (Å²) in [4.78, 5) is 12.2. The number of hydrogen-bond acceptors (Lipinski definition) is 5. The van der Waals surface area contributed by atoms with E-state index in [1.807, 2.05) is 13.8 Å². The Hall–Kier alpha value is -2.74. The van der Waals surface area contributed by atoms with Crippen LogP contribution in [0.4, 0.5) is 11.4 Å². The van der Waals surface area contributed by atoms with Gasteiger partial charge in [0.05, 0.1) is 25.2 Å². The van der Waals surface area contributed by atoms with E-state index in [0.29, 0.717) is 36.8 Å². The molecule has 2 rings (SSSR count). The van der Waals surface area contributed by atoms with Gasteiger partial charge in [0.15, 0.2) is 0 Å². The summed E-state index contributed by atoms with van der Waals surface area (Å²) < 4.78 is 36.4. The first kappa shape index (κ1) is 22.5. The zero-order valence-corrected chi connectivity index (χ0v) is 17.9. The van der Waals surface area contributed by atoms with Crippen molar-refractivity contribution in [2.24, 2.45) is 0 Å². The predicted octanol–water partition coefficient (Wildman–Crippen LogP) is 3.67. The summed E-state index contributed by atoms with van der Waals surface area (Å²) in [6, 6.07) is 14.0. The molecule has 0 unspecified atom stereocenters. The van der Waals surface area contributed by atoms with Crippen molar-refractivity contribution in [1.29, 1.82) is 0 Å². The lowest BCUT2D eigenvalue weighted by atomic mass is 10.2. The van der Waals surface area contributed by atoms with Crippen molar-refractivity contribution in [3.8, 4) is 11.5 Å². The Morgan fingerprint density at radius 3 is 1.93 bits per heavy atom. The molecule has 0 aliphatic rings. The molecule has 0 saturated carbocycles. The Labute approximate surface area is 172 Å². The molecule has 29 heavy (non-hydrogen) atoms. The molecule has 0 spiro atoms. The third-order valence-corrected chi connectivity index (χ3v) is 5.24. The quantitative estimate of drug-likeness (QED) is 0.600. The molecule has 0 heterocycles. The molecular weight excluding hydrogens is 392 g/mol. The lowest BCUT2D eigenvalue weighted by Gasteiger charge is -2.22. The van der Waals surface area contributed by atoms with Gasteiger partial charge in [-0.2, -0.15) is 0 Å². The average Bonchev–Trinajstić information content (AvgIpc) is 2.67. The summed E-state index contributed by atoms with van der Waals surface area (Å²) in [6.45, 7) is 5.12. The maximum absolute atomic E-state index is 12.2. The molecule has 0 aliphatic heterocycles. The molecule has 1 amide bonds. The first-order valence-corrected chi connectivity index (χ1v) is 11.4. The smallest absolute Gasteiger partial charge is 0.232 e. The molecule has 0 aromatic heterocycles. The van der Waals surface area contributed by atoms with Crippen molar-refractivity contribution in [3.63, 3.8) is 0 Å². The SMILES string of the molecule is CCOc1ccc(NC(=O)CCCN(c2ccc(OCC)cc2)S(C)(=O)=O)cc1. The van der Waals surface area contributed by atoms with Crippen LogP contribution in [0.15, 0.2) is 48.5 Å². The van der Waals surface area contributed by atoms with Gasteiger partial charge in [0.2, 0.25) is 15.9 Å². The van der Waals surface area contributed by atoms with Gasteiger partial charge in [0.1, 0.15) is 11.5 Å². The Morgan fingerprint density at radius 2 is 1.45 bits per heavy atom. The molecule has 7 nitrogen and oxygen atoms in total. The van der Waals surface area contributed by atoms with Gasteiger partial charge in [0.25, 0.3) is 0 Å². The second kappa shape index (κ2) is 10.7. The van der Waals surface area contributed by atoms with E-state index in [9.17, 15) is 13.2 Å². The van der Waals surface area contributed by atoms with Crippen molar-refractivity contribution >= 4 is 27.3 Å². The van der Waals surface area contributed by atoms with Crippen LogP contribution >= 0.6 is 0 Å². The van der Waals surface area contributed by atoms with Crippen molar-refractivity contribution in [1.82, 2.24) is 0 Å². The Morgan fingerprint density at radius 1 is 0.931 bits per heavy atom. The van der Waals surface area contributed by atoms with Crippen molar-refractivity contribution < 1.29 is 22.7 Å². The maximum Gasteiger partial charge on any atom is 0.232 e. The van der Waals surface area contributed by atoms with Gasteiger partial charge in [-0.05, 0) is 68.8 Å². The van der Waals surface area contributed by atoms with Crippen LogP contribution in [0.5, 0.6) is 11.5 Å². The molecule has 158 valence electrons. The van der Waals surface area contributed by atoms with Gasteiger partial charge in [-0.3, -0.25) is 9.10 Å². The highest BCUT2D eigenvalue weighted by Gasteiger charge is 2.17. The normalized spacial score (nSPS) is 11.0. The standard InChI is InChI=1S/C21H28N2O5S/c1-4-27-19-12-8-17(9-13-19)22-21(24)7-6-16-23(29(3,25)26)18-10-14-20(15-11-18)28-5-2/h8-15H,4-7,16H2,1-3H3,(H,22,24). The Balaban J connectivity index is 1.91. The van der Waals surface area contributed by atoms with Crippen molar-refractivity contribution in [2.75, 3.05) is 35.6 Å². The molecule has 1 N–H and O–H groups in total. The summed E-state index contributed by atoms with van der Waals surface area (Å²) in [7, 11) is -3.46. The largest absolute Gasteiger partial charge is 0.494 e. The second-order valence-corrected chi connectivity index (χ2v) is 8.28. The van der Waals surface area contributed by atoms with Crippen molar-refractivity contribution in [3.05, 3.63) is 48.5 Å². The van der Waals surface area contributed by atoms with Crippen LogP contribution in [0.2, 0.25) is 0 Å². The number of carbonyl (C=O) groups is 1. The molecule has 2 aromatic carbocycles. The molecule has 0 aliphatic carbocycles. The van der Waals surface area contributed by atoms with Crippen LogP contribution in [0.1, 0.15) is 26.7 Å². The topological polar surface area (TPSA) is 84.9 Å². The molecule has 0 saturated heterocycles. The minimum absolute atomic E-state index is 0.172. The summed E-state index contributed by atoms with van der Waals surface area (Å²) in [6.07, 6.45) is 1.75. The van der Waals surface area contributed by atoms with Crippen LogP contribution in [-0.2, 0) is 14.8 Å². The van der Waals surface area contributed by atoms with E-state index >= 15 is 0 Å². The van der Waals surface area contributed by atoms with Gasteiger partial charge in [-0.15, -0.1) is 0 Å².